The van der Waals surface area contributed by atoms with Crippen molar-refractivity contribution in [3.63, 3.8) is 0 Å². The number of aryl methyl sites for hydroxylation is 2. The minimum atomic E-state index is -0.282. The number of rotatable bonds is 7. The van der Waals surface area contributed by atoms with Crippen molar-refractivity contribution in [1.29, 1.82) is 0 Å². The summed E-state index contributed by atoms with van der Waals surface area (Å²) in [6, 6.07) is 11.4. The van der Waals surface area contributed by atoms with Gasteiger partial charge in [0, 0.05) is 32.7 Å². The average molecular weight is 452 g/mol. The summed E-state index contributed by atoms with van der Waals surface area (Å²) in [4.78, 5) is 28.0. The van der Waals surface area contributed by atoms with Gasteiger partial charge in [-0.2, -0.15) is 0 Å². The molecule has 0 bridgehead atoms. The van der Waals surface area contributed by atoms with E-state index >= 15 is 0 Å². The van der Waals surface area contributed by atoms with Crippen LogP contribution in [-0.4, -0.2) is 35.4 Å². The summed E-state index contributed by atoms with van der Waals surface area (Å²) >= 11 is 0. The van der Waals surface area contributed by atoms with E-state index in [1.165, 1.54) is 6.42 Å². The Bertz CT molecular complexity index is 1190. The van der Waals surface area contributed by atoms with Crippen LogP contribution in [0.4, 0.5) is 16.2 Å². The molecule has 1 aliphatic heterocycles. The summed E-state index contributed by atoms with van der Waals surface area (Å²) in [5, 5.41) is 5.98. The summed E-state index contributed by atoms with van der Waals surface area (Å²) in [7, 11) is 1.62. The molecule has 1 aliphatic rings. The first kappa shape index (κ1) is 22.8. The lowest BCUT2D eigenvalue weighted by atomic mass is 10.1. The number of carbonyl (C=O) groups excluding carboxylic acids is 1. The minimum absolute atomic E-state index is 0.0146. The number of amides is 2. The van der Waals surface area contributed by atoms with E-state index in [9.17, 15) is 9.59 Å². The largest absolute Gasteiger partial charge is 0.497 e. The molecule has 0 saturated carbocycles. The second-order valence-electron chi connectivity index (χ2n) is 8.34. The molecule has 1 aromatic heterocycles. The van der Waals surface area contributed by atoms with Crippen LogP contribution in [-0.2, 0) is 19.6 Å². The van der Waals surface area contributed by atoms with Crippen LogP contribution < -0.4 is 26.0 Å². The van der Waals surface area contributed by atoms with Crippen molar-refractivity contribution in [3.8, 4) is 5.75 Å². The van der Waals surface area contributed by atoms with Crippen molar-refractivity contribution in [2.45, 2.75) is 52.7 Å². The number of aromatic nitrogens is 2. The third-order valence-corrected chi connectivity index (χ3v) is 6.30. The third-order valence-electron chi connectivity index (χ3n) is 6.30. The second-order valence-corrected chi connectivity index (χ2v) is 8.34. The van der Waals surface area contributed by atoms with Gasteiger partial charge in [0.2, 0.25) is 0 Å². The van der Waals surface area contributed by atoms with Crippen LogP contribution >= 0.6 is 0 Å². The first-order valence-corrected chi connectivity index (χ1v) is 11.8. The number of methoxy groups -OCH3 is 1. The number of carbonyl (C=O) groups is 1. The van der Waals surface area contributed by atoms with Gasteiger partial charge in [-0.3, -0.25) is 9.13 Å². The summed E-state index contributed by atoms with van der Waals surface area (Å²) < 4.78 is 8.83. The van der Waals surface area contributed by atoms with Crippen molar-refractivity contribution < 1.29 is 9.53 Å². The Morgan fingerprint density at radius 3 is 2.36 bits per heavy atom. The molecule has 1 fully saturated rings. The maximum atomic E-state index is 12.9. The number of hydrogen-bond acceptors (Lipinski definition) is 4. The highest BCUT2D eigenvalue weighted by atomic mass is 16.5. The SMILES string of the molecule is CCn1c(=O)n(CC)c2cc(N3CCCCC3)c(NC(=O)NCc3cccc(OC)c3)cc21. The fourth-order valence-corrected chi connectivity index (χ4v) is 4.59. The number of imidazole rings is 1. The molecule has 0 aliphatic carbocycles. The molecule has 2 aromatic carbocycles. The van der Waals surface area contributed by atoms with Gasteiger partial charge in [0.15, 0.2) is 0 Å². The van der Waals surface area contributed by atoms with Crippen LogP contribution in [0.1, 0.15) is 38.7 Å². The Morgan fingerprint density at radius 2 is 1.70 bits per heavy atom. The molecular weight excluding hydrogens is 418 g/mol. The first-order valence-electron chi connectivity index (χ1n) is 11.8. The van der Waals surface area contributed by atoms with Crippen LogP contribution in [0.15, 0.2) is 41.2 Å². The van der Waals surface area contributed by atoms with Crippen LogP contribution in [0.25, 0.3) is 11.0 Å². The van der Waals surface area contributed by atoms with E-state index in [1.54, 1.807) is 16.2 Å². The lowest BCUT2D eigenvalue weighted by Crippen LogP contribution is -2.32. The van der Waals surface area contributed by atoms with E-state index in [-0.39, 0.29) is 11.7 Å². The Kier molecular flexibility index (Phi) is 6.91. The van der Waals surface area contributed by atoms with Crippen LogP contribution in [0.5, 0.6) is 5.75 Å². The number of ether oxygens (including phenoxy) is 1. The Morgan fingerprint density at radius 1 is 1.00 bits per heavy atom. The van der Waals surface area contributed by atoms with Gasteiger partial charge in [0.25, 0.3) is 0 Å². The number of hydrogen-bond donors (Lipinski definition) is 2. The van der Waals surface area contributed by atoms with Gasteiger partial charge in [-0.25, -0.2) is 9.59 Å². The number of urea groups is 1. The number of nitrogens with one attached hydrogen (secondary N) is 2. The molecule has 33 heavy (non-hydrogen) atoms. The standard InChI is InChI=1S/C25H33N5O3/c1-4-29-22-15-20(27-24(31)26-17-18-10-9-11-19(14-18)33-3)21(28-12-7-6-8-13-28)16-23(22)30(5-2)25(29)32/h9-11,14-16H,4-8,12-13,17H2,1-3H3,(H2,26,27,31). The maximum absolute atomic E-state index is 12.9. The van der Waals surface area contributed by atoms with Crippen LogP contribution in [0.2, 0.25) is 0 Å². The van der Waals surface area contributed by atoms with E-state index in [4.69, 9.17) is 4.74 Å². The fourth-order valence-electron chi connectivity index (χ4n) is 4.59. The predicted octanol–water partition coefficient (Wildman–Crippen LogP) is 4.16. The van der Waals surface area contributed by atoms with Gasteiger partial charge in [-0.05, 0) is 62.9 Å². The molecular formula is C25H33N5O3. The molecule has 8 nitrogen and oxygen atoms in total. The Labute approximate surface area is 194 Å². The van der Waals surface area contributed by atoms with E-state index in [0.29, 0.717) is 19.6 Å². The van der Waals surface area contributed by atoms with Gasteiger partial charge in [0.1, 0.15) is 5.75 Å². The molecule has 0 spiro atoms. The first-order chi connectivity index (χ1) is 16.0. The normalized spacial score (nSPS) is 13.8. The molecule has 2 N–H and O–H groups in total. The predicted molar refractivity (Wildman–Crippen MR) is 132 cm³/mol. The molecule has 2 amide bonds. The summed E-state index contributed by atoms with van der Waals surface area (Å²) in [5.41, 5.74) is 4.38. The number of piperidine rings is 1. The van der Waals surface area contributed by atoms with Crippen molar-refractivity contribution in [3.05, 3.63) is 52.4 Å². The molecule has 4 rings (SSSR count). The molecule has 3 aromatic rings. The molecule has 2 heterocycles. The van der Waals surface area contributed by atoms with Gasteiger partial charge < -0.3 is 20.3 Å². The van der Waals surface area contributed by atoms with Crippen molar-refractivity contribution in [2.24, 2.45) is 0 Å². The summed E-state index contributed by atoms with van der Waals surface area (Å²) in [6.07, 6.45) is 3.46. The number of anilines is 2. The molecule has 1 saturated heterocycles. The molecule has 0 unspecified atom stereocenters. The van der Waals surface area contributed by atoms with Gasteiger partial charge in [-0.1, -0.05) is 12.1 Å². The van der Waals surface area contributed by atoms with E-state index in [2.05, 4.69) is 21.6 Å². The Hall–Kier alpha value is -3.42. The zero-order valence-corrected chi connectivity index (χ0v) is 19.7. The zero-order valence-electron chi connectivity index (χ0n) is 19.7. The van der Waals surface area contributed by atoms with Gasteiger partial charge in [-0.15, -0.1) is 0 Å². The monoisotopic (exact) mass is 451 g/mol. The number of fused-ring (bicyclic) bond motifs is 1. The highest BCUT2D eigenvalue weighted by Crippen LogP contribution is 2.33. The zero-order chi connectivity index (χ0) is 23.4. The van der Waals surface area contributed by atoms with Gasteiger partial charge >= 0.3 is 11.7 Å². The molecule has 176 valence electrons. The van der Waals surface area contributed by atoms with E-state index in [1.807, 2.05) is 44.2 Å². The van der Waals surface area contributed by atoms with Crippen molar-refractivity contribution in [1.82, 2.24) is 14.5 Å². The van der Waals surface area contributed by atoms with Crippen LogP contribution in [0.3, 0.4) is 0 Å². The van der Waals surface area contributed by atoms with Crippen molar-refractivity contribution >= 4 is 28.4 Å². The third kappa shape index (κ3) is 4.69. The van der Waals surface area contributed by atoms with E-state index in [0.717, 1.165) is 59.7 Å². The highest BCUT2D eigenvalue weighted by Gasteiger charge is 2.20. The fraction of sp³-hybridized carbons (Fsp3) is 0.440. The lowest BCUT2D eigenvalue weighted by Gasteiger charge is -2.31. The summed E-state index contributed by atoms with van der Waals surface area (Å²) in [6.45, 7) is 7.40. The van der Waals surface area contributed by atoms with Crippen molar-refractivity contribution in [2.75, 3.05) is 30.4 Å². The van der Waals surface area contributed by atoms with Crippen LogP contribution in [0, 0.1) is 0 Å². The molecule has 8 heteroatoms. The summed E-state index contributed by atoms with van der Waals surface area (Å²) in [5.74, 6) is 0.755. The number of benzene rings is 2. The topological polar surface area (TPSA) is 80.5 Å². The molecule has 0 atom stereocenters. The highest BCUT2D eigenvalue weighted by molar-refractivity contribution is 5.98. The lowest BCUT2D eigenvalue weighted by molar-refractivity contribution is 0.251. The second kappa shape index (κ2) is 10.0. The maximum Gasteiger partial charge on any atom is 0.329 e. The van der Waals surface area contributed by atoms with Gasteiger partial charge in [0.05, 0.1) is 29.5 Å². The number of nitrogens with zero attached hydrogens (tertiary/aromatic N) is 3. The quantitative estimate of drug-likeness (QED) is 0.565. The Balaban J connectivity index is 1.65. The smallest absolute Gasteiger partial charge is 0.329 e. The minimum Gasteiger partial charge on any atom is -0.497 e. The van der Waals surface area contributed by atoms with E-state index < -0.39 is 0 Å². The molecule has 0 radical (unpaired) electrons. The average Bonchev–Trinajstić information content (AvgIpc) is 3.12.